The Labute approximate surface area is 180 Å². The molecule has 0 bridgehead atoms. The molecule has 1 aromatic heterocycles. The topological polar surface area (TPSA) is 135 Å². The molecule has 11 heteroatoms. The first-order valence-electron chi connectivity index (χ1n) is 9.21. The van der Waals surface area contributed by atoms with Crippen LogP contribution in [0.2, 0.25) is 0 Å². The predicted octanol–water partition coefficient (Wildman–Crippen LogP) is 2.65. The molecule has 31 heavy (non-hydrogen) atoms. The summed E-state index contributed by atoms with van der Waals surface area (Å²) in [5, 5.41) is 11.7. The van der Waals surface area contributed by atoms with Gasteiger partial charge in [-0.25, -0.2) is 22.0 Å². The lowest BCUT2D eigenvalue weighted by molar-refractivity contribution is 0.465. The van der Waals surface area contributed by atoms with Crippen LogP contribution in [0.3, 0.4) is 0 Å². The number of benzene rings is 2. The molecule has 1 aliphatic heterocycles. The van der Waals surface area contributed by atoms with E-state index in [9.17, 15) is 16.8 Å². The number of hydrogen-bond donors (Lipinski definition) is 2. The second-order valence-corrected chi connectivity index (χ2v) is 10.4. The third kappa shape index (κ3) is 4.79. The highest BCUT2D eigenvalue weighted by Gasteiger charge is 2.32. The molecule has 0 saturated carbocycles. The zero-order chi connectivity index (χ0) is 22.2. The van der Waals surface area contributed by atoms with Crippen LogP contribution in [-0.2, 0) is 20.0 Å². The predicted molar refractivity (Wildman–Crippen MR) is 118 cm³/mol. The van der Waals surface area contributed by atoms with Crippen LogP contribution in [0.1, 0.15) is 23.8 Å². The van der Waals surface area contributed by atoms with Gasteiger partial charge in [0.25, 0.3) is 0 Å². The van der Waals surface area contributed by atoms with Gasteiger partial charge in [0.05, 0.1) is 28.8 Å². The van der Waals surface area contributed by atoms with Gasteiger partial charge in [0, 0.05) is 12.1 Å². The Hall–Kier alpha value is -3.15. The Kier molecular flexibility index (Phi) is 5.33. The number of primary sulfonamides is 1. The van der Waals surface area contributed by atoms with Crippen molar-refractivity contribution in [3.8, 4) is 0 Å². The van der Waals surface area contributed by atoms with Crippen molar-refractivity contribution in [2.75, 3.05) is 16.0 Å². The lowest BCUT2D eigenvalue weighted by Gasteiger charge is -2.22. The highest BCUT2D eigenvalue weighted by Crippen LogP contribution is 2.37. The zero-order valence-electron chi connectivity index (χ0n) is 16.5. The Morgan fingerprint density at radius 1 is 1.03 bits per heavy atom. The summed E-state index contributed by atoms with van der Waals surface area (Å²) >= 11 is 0. The molecule has 1 aliphatic rings. The van der Waals surface area contributed by atoms with E-state index in [1.165, 1.54) is 12.1 Å². The summed E-state index contributed by atoms with van der Waals surface area (Å²) in [5.74, 6) is 0.713. The molecule has 2 heterocycles. The summed E-state index contributed by atoms with van der Waals surface area (Å²) in [6.07, 6.45) is 3.22. The Bertz CT molecular complexity index is 1320. The number of anilines is 2. The minimum absolute atomic E-state index is 0.0168. The lowest BCUT2D eigenvalue weighted by Crippen LogP contribution is -2.18. The summed E-state index contributed by atoms with van der Waals surface area (Å²) in [7, 11) is -7.15. The van der Waals surface area contributed by atoms with E-state index in [0.29, 0.717) is 23.6 Å². The van der Waals surface area contributed by atoms with Gasteiger partial charge in [0.2, 0.25) is 20.0 Å². The fraction of sp³-hybridized carbons (Fsp3) is 0.150. The molecular formula is C20H20N4O5S2. The van der Waals surface area contributed by atoms with Crippen molar-refractivity contribution in [1.82, 2.24) is 0 Å². The molecule has 9 nitrogen and oxygen atoms in total. The van der Waals surface area contributed by atoms with Gasteiger partial charge in [0.1, 0.15) is 11.8 Å². The van der Waals surface area contributed by atoms with Gasteiger partial charge in [-0.2, -0.15) is 5.10 Å². The fourth-order valence-corrected chi connectivity index (χ4v) is 4.44. The number of nitrogens with one attached hydrogen (secondary N) is 1. The van der Waals surface area contributed by atoms with Gasteiger partial charge in [-0.15, -0.1) is 0 Å². The summed E-state index contributed by atoms with van der Waals surface area (Å²) in [6, 6.07) is 16.5. The van der Waals surface area contributed by atoms with Gasteiger partial charge >= 0.3 is 0 Å². The average Bonchev–Trinajstić information content (AvgIpc) is 3.36. The molecule has 0 spiro atoms. The quantitative estimate of drug-likeness (QED) is 0.581. The van der Waals surface area contributed by atoms with E-state index in [1.54, 1.807) is 53.7 Å². The minimum atomic E-state index is -3.79. The minimum Gasteiger partial charge on any atom is -0.467 e. The Morgan fingerprint density at radius 2 is 1.71 bits per heavy atom. The van der Waals surface area contributed by atoms with Crippen LogP contribution in [0.5, 0.6) is 0 Å². The first kappa shape index (κ1) is 21.1. The first-order chi connectivity index (χ1) is 14.6. The van der Waals surface area contributed by atoms with Crippen LogP contribution >= 0.6 is 0 Å². The van der Waals surface area contributed by atoms with Crippen LogP contribution in [0.25, 0.3) is 0 Å². The molecule has 0 aliphatic carbocycles. The zero-order valence-corrected chi connectivity index (χ0v) is 18.1. The number of nitrogens with zero attached hydrogens (tertiary/aromatic N) is 2. The molecule has 3 N–H and O–H groups in total. The van der Waals surface area contributed by atoms with Crippen molar-refractivity contribution in [2.45, 2.75) is 17.4 Å². The second-order valence-electron chi connectivity index (χ2n) is 7.12. The monoisotopic (exact) mass is 460 g/mol. The largest absolute Gasteiger partial charge is 0.467 e. The summed E-state index contributed by atoms with van der Waals surface area (Å²) in [5.41, 5.74) is 2.75. The molecule has 0 amide bonds. The maximum absolute atomic E-state index is 11.5. The number of furan rings is 1. The first-order valence-corrected chi connectivity index (χ1v) is 12.7. The highest BCUT2D eigenvalue weighted by molar-refractivity contribution is 7.92. The fourth-order valence-electron chi connectivity index (χ4n) is 3.36. The second kappa shape index (κ2) is 7.84. The van der Waals surface area contributed by atoms with E-state index in [2.05, 4.69) is 4.72 Å². The number of rotatable bonds is 6. The number of nitrogens with two attached hydrogens (primary N) is 1. The number of sulfonamides is 2. The van der Waals surface area contributed by atoms with E-state index in [1.807, 2.05) is 6.07 Å². The Balaban J connectivity index is 1.67. The molecule has 1 atom stereocenters. The molecular weight excluding hydrogens is 440 g/mol. The van der Waals surface area contributed by atoms with Crippen molar-refractivity contribution >= 4 is 37.1 Å². The molecule has 0 fully saturated rings. The third-order valence-corrected chi connectivity index (χ3v) is 6.27. The molecule has 3 aromatic rings. The van der Waals surface area contributed by atoms with Crippen LogP contribution in [-0.4, -0.2) is 28.8 Å². The van der Waals surface area contributed by atoms with Gasteiger partial charge in [0.15, 0.2) is 0 Å². The SMILES string of the molecule is CS(=O)(=O)Nc1ccc(C2=NN(c3ccc(S(N)(=O)=O)cc3)C(c3ccco3)C2)cc1. The van der Waals surface area contributed by atoms with Crippen LogP contribution in [0, 0.1) is 0 Å². The molecule has 1 unspecified atom stereocenters. The molecule has 0 saturated heterocycles. The van der Waals surface area contributed by atoms with Crippen molar-refractivity contribution in [2.24, 2.45) is 10.2 Å². The van der Waals surface area contributed by atoms with E-state index in [-0.39, 0.29) is 10.9 Å². The normalized spacial score (nSPS) is 16.9. The van der Waals surface area contributed by atoms with E-state index in [4.69, 9.17) is 14.7 Å². The van der Waals surface area contributed by atoms with Gasteiger partial charge in [-0.1, -0.05) is 12.1 Å². The molecule has 2 aromatic carbocycles. The number of hydrogen-bond acceptors (Lipinski definition) is 7. The van der Waals surface area contributed by atoms with Crippen molar-refractivity contribution in [1.29, 1.82) is 0 Å². The lowest BCUT2D eigenvalue weighted by atomic mass is 10.0. The number of hydrazone groups is 1. The summed E-state index contributed by atoms with van der Waals surface area (Å²) < 4.78 is 53.9. The van der Waals surface area contributed by atoms with Crippen molar-refractivity contribution < 1.29 is 21.3 Å². The van der Waals surface area contributed by atoms with Crippen molar-refractivity contribution in [3.05, 3.63) is 78.3 Å². The maximum atomic E-state index is 11.5. The smallest absolute Gasteiger partial charge is 0.238 e. The maximum Gasteiger partial charge on any atom is 0.238 e. The third-order valence-electron chi connectivity index (χ3n) is 4.73. The van der Waals surface area contributed by atoms with Gasteiger partial charge < -0.3 is 4.42 Å². The molecule has 0 radical (unpaired) electrons. The van der Waals surface area contributed by atoms with Gasteiger partial charge in [-0.3, -0.25) is 9.73 Å². The summed E-state index contributed by atoms with van der Waals surface area (Å²) in [4.78, 5) is 0.0168. The van der Waals surface area contributed by atoms with E-state index >= 15 is 0 Å². The van der Waals surface area contributed by atoms with E-state index in [0.717, 1.165) is 17.5 Å². The standard InChI is InChI=1S/C20H20N4O5S2/c1-30(25,26)23-15-6-4-14(5-7-15)18-13-19(20-3-2-12-29-20)24(22-18)16-8-10-17(11-9-16)31(21,27)28/h2-12,19,23H,13H2,1H3,(H2,21,27,28). The van der Waals surface area contributed by atoms with Crippen molar-refractivity contribution in [3.63, 3.8) is 0 Å². The summed E-state index contributed by atoms with van der Waals surface area (Å²) in [6.45, 7) is 0. The Morgan fingerprint density at radius 3 is 2.26 bits per heavy atom. The highest BCUT2D eigenvalue weighted by atomic mass is 32.2. The molecule has 4 rings (SSSR count). The average molecular weight is 461 g/mol. The van der Waals surface area contributed by atoms with Crippen LogP contribution < -0.4 is 14.9 Å². The van der Waals surface area contributed by atoms with Crippen LogP contribution in [0.15, 0.2) is 81.3 Å². The van der Waals surface area contributed by atoms with Crippen LogP contribution in [0.4, 0.5) is 11.4 Å². The van der Waals surface area contributed by atoms with Gasteiger partial charge in [-0.05, 0) is 54.1 Å². The van der Waals surface area contributed by atoms with E-state index < -0.39 is 20.0 Å². The molecule has 162 valence electrons.